The maximum atomic E-state index is 5.54. The number of para-hydroxylation sites is 1. The summed E-state index contributed by atoms with van der Waals surface area (Å²) >= 11 is 5.54. The topological polar surface area (TPSA) is 28.7 Å². The van der Waals surface area contributed by atoms with Crippen molar-refractivity contribution in [3.05, 3.63) is 34.7 Å². The molecule has 0 atom stereocenters. The van der Waals surface area contributed by atoms with E-state index in [0.717, 1.165) is 39.2 Å². The lowest BCUT2D eigenvalue weighted by atomic mass is 9.51. The molecule has 0 unspecified atom stereocenters. The van der Waals surface area contributed by atoms with E-state index in [-0.39, 0.29) is 0 Å². The number of nitrogens with one attached hydrogen (secondary N) is 1. The smallest absolute Gasteiger partial charge is 0.137 e. The van der Waals surface area contributed by atoms with Crippen molar-refractivity contribution in [3.63, 3.8) is 0 Å². The molecule has 0 radical (unpaired) electrons. The van der Waals surface area contributed by atoms with Gasteiger partial charge in [0, 0.05) is 16.8 Å². The molecule has 2 nitrogen and oxygen atoms in total. The van der Waals surface area contributed by atoms with Crippen LogP contribution in [-0.2, 0) is 0 Å². The number of fused-ring (bicyclic) bond motifs is 1. The maximum absolute atomic E-state index is 5.54. The van der Waals surface area contributed by atoms with E-state index < -0.39 is 0 Å². The van der Waals surface area contributed by atoms with Crippen LogP contribution in [0.3, 0.4) is 0 Å². The average molecular weight is 296 g/mol. The summed E-state index contributed by atoms with van der Waals surface area (Å²) in [6.07, 6.45) is 7.19. The van der Waals surface area contributed by atoms with Gasteiger partial charge in [0.2, 0.25) is 0 Å². The van der Waals surface area contributed by atoms with Gasteiger partial charge in [-0.2, -0.15) is 0 Å². The normalized spacial score (nSPS) is 37.2. The van der Waals surface area contributed by atoms with E-state index in [4.69, 9.17) is 17.2 Å². The molecule has 0 spiro atoms. The Morgan fingerprint density at radius 3 is 2.33 bits per heavy atom. The lowest BCUT2D eigenvalue weighted by Crippen LogP contribution is -2.44. The number of rotatable bonds is 1. The molecular weight excluding hydrogens is 276 g/mol. The Hall–Kier alpha value is -1.22. The van der Waals surface area contributed by atoms with Crippen LogP contribution >= 0.6 is 12.2 Å². The molecule has 3 heteroatoms. The molecule has 6 rings (SSSR count). The van der Waals surface area contributed by atoms with Gasteiger partial charge in [-0.05, 0) is 67.9 Å². The highest BCUT2D eigenvalue weighted by molar-refractivity contribution is 7.71. The van der Waals surface area contributed by atoms with Crippen LogP contribution in [0.2, 0.25) is 0 Å². The predicted octanol–water partition coefficient (Wildman–Crippen LogP) is 4.83. The van der Waals surface area contributed by atoms with Gasteiger partial charge in [0.15, 0.2) is 0 Å². The van der Waals surface area contributed by atoms with Crippen LogP contribution in [0.15, 0.2) is 24.3 Å². The minimum Gasteiger partial charge on any atom is -0.343 e. The second kappa shape index (κ2) is 4.39. The zero-order chi connectivity index (χ0) is 14.0. The largest absolute Gasteiger partial charge is 0.343 e. The average Bonchev–Trinajstić information content (AvgIpc) is 2.46. The van der Waals surface area contributed by atoms with Crippen LogP contribution in [-0.4, -0.2) is 9.97 Å². The summed E-state index contributed by atoms with van der Waals surface area (Å²) in [5.74, 6) is 5.51. The number of benzene rings is 1. The standard InChI is InChI=1S/C18H20N2S/c21-18-14-3-1-2-4-15(14)19-17(20-18)16-12-6-10-5-11(8-12)9-13(16)7-10/h1-4,10-13,16H,5-9H2,(H,19,20,21). The Morgan fingerprint density at radius 2 is 1.62 bits per heavy atom. The SMILES string of the molecule is S=c1nc(C2C3CC4CC(C3)CC2C4)[nH]c2ccccc12. The van der Waals surface area contributed by atoms with Gasteiger partial charge in [0.1, 0.15) is 10.5 Å². The van der Waals surface area contributed by atoms with Crippen molar-refractivity contribution in [1.82, 2.24) is 9.97 Å². The fourth-order valence-electron chi connectivity index (χ4n) is 5.64. The van der Waals surface area contributed by atoms with Gasteiger partial charge in [-0.25, -0.2) is 4.98 Å². The predicted molar refractivity (Wildman–Crippen MR) is 86.7 cm³/mol. The quantitative estimate of drug-likeness (QED) is 0.763. The van der Waals surface area contributed by atoms with Crippen molar-refractivity contribution in [2.75, 3.05) is 0 Å². The first-order valence-electron chi connectivity index (χ1n) is 8.27. The van der Waals surface area contributed by atoms with Gasteiger partial charge in [-0.1, -0.05) is 24.4 Å². The molecule has 21 heavy (non-hydrogen) atoms. The summed E-state index contributed by atoms with van der Waals surface area (Å²) in [5, 5.41) is 1.08. The van der Waals surface area contributed by atoms with E-state index in [1.165, 1.54) is 37.9 Å². The summed E-state index contributed by atoms with van der Waals surface area (Å²) < 4.78 is 0.771. The number of aromatic amines is 1. The van der Waals surface area contributed by atoms with E-state index in [0.29, 0.717) is 5.92 Å². The number of hydrogen-bond donors (Lipinski definition) is 1. The molecule has 108 valence electrons. The van der Waals surface area contributed by atoms with E-state index in [2.05, 4.69) is 23.2 Å². The van der Waals surface area contributed by atoms with Gasteiger partial charge < -0.3 is 4.98 Å². The van der Waals surface area contributed by atoms with Gasteiger partial charge in [-0.15, -0.1) is 0 Å². The number of hydrogen-bond acceptors (Lipinski definition) is 2. The summed E-state index contributed by atoms with van der Waals surface area (Å²) in [5.41, 5.74) is 1.15. The maximum Gasteiger partial charge on any atom is 0.137 e. The van der Waals surface area contributed by atoms with Crippen molar-refractivity contribution >= 4 is 23.1 Å². The second-order valence-corrected chi connectivity index (χ2v) is 7.82. The highest BCUT2D eigenvalue weighted by atomic mass is 32.1. The molecule has 4 aliphatic rings. The fourth-order valence-corrected chi connectivity index (χ4v) is 5.92. The molecule has 1 heterocycles. The van der Waals surface area contributed by atoms with E-state index in [1.54, 1.807) is 0 Å². The Labute approximate surface area is 130 Å². The lowest BCUT2D eigenvalue weighted by molar-refractivity contribution is -0.00556. The zero-order valence-corrected chi connectivity index (χ0v) is 12.9. The molecule has 0 saturated heterocycles. The molecule has 1 N–H and O–H groups in total. The Bertz CT molecular complexity index is 735. The van der Waals surface area contributed by atoms with Crippen LogP contribution in [0.1, 0.15) is 43.8 Å². The summed E-state index contributed by atoms with van der Waals surface area (Å²) in [7, 11) is 0. The van der Waals surface area contributed by atoms with E-state index >= 15 is 0 Å². The first-order chi connectivity index (χ1) is 10.3. The minimum atomic E-state index is 0.629. The molecule has 1 aromatic carbocycles. The minimum absolute atomic E-state index is 0.629. The van der Waals surface area contributed by atoms with E-state index in [9.17, 15) is 0 Å². The first-order valence-corrected chi connectivity index (χ1v) is 8.67. The molecular formula is C18H20N2S. The Balaban J connectivity index is 1.63. The molecule has 0 amide bonds. The third kappa shape index (κ3) is 1.83. The zero-order valence-electron chi connectivity index (χ0n) is 12.1. The molecule has 4 saturated carbocycles. The Morgan fingerprint density at radius 1 is 0.952 bits per heavy atom. The van der Waals surface area contributed by atoms with Crippen LogP contribution in [0.25, 0.3) is 10.9 Å². The summed E-state index contributed by atoms with van der Waals surface area (Å²) in [4.78, 5) is 8.42. The monoisotopic (exact) mass is 296 g/mol. The van der Waals surface area contributed by atoms with Gasteiger partial charge in [0.05, 0.1) is 0 Å². The van der Waals surface area contributed by atoms with Crippen molar-refractivity contribution in [1.29, 1.82) is 0 Å². The van der Waals surface area contributed by atoms with Crippen molar-refractivity contribution < 1.29 is 0 Å². The summed E-state index contributed by atoms with van der Waals surface area (Å²) in [6, 6.07) is 8.32. The number of nitrogens with zero attached hydrogens (tertiary/aromatic N) is 1. The second-order valence-electron chi connectivity index (χ2n) is 7.43. The van der Waals surface area contributed by atoms with Crippen molar-refractivity contribution in [2.24, 2.45) is 23.7 Å². The van der Waals surface area contributed by atoms with Gasteiger partial charge in [0.25, 0.3) is 0 Å². The van der Waals surface area contributed by atoms with Crippen LogP contribution in [0, 0.1) is 28.3 Å². The summed E-state index contributed by atoms with van der Waals surface area (Å²) in [6.45, 7) is 0. The number of aromatic nitrogens is 2. The molecule has 2 aromatic rings. The van der Waals surface area contributed by atoms with Crippen LogP contribution in [0.4, 0.5) is 0 Å². The van der Waals surface area contributed by atoms with Crippen LogP contribution in [0.5, 0.6) is 0 Å². The molecule has 0 aliphatic heterocycles. The Kier molecular flexibility index (Phi) is 2.58. The molecule has 1 aromatic heterocycles. The van der Waals surface area contributed by atoms with Crippen molar-refractivity contribution in [3.8, 4) is 0 Å². The third-order valence-electron chi connectivity index (χ3n) is 6.18. The highest BCUT2D eigenvalue weighted by Crippen LogP contribution is 2.59. The third-order valence-corrected chi connectivity index (χ3v) is 6.50. The first kappa shape index (κ1) is 12.3. The number of H-pyrrole nitrogens is 1. The lowest BCUT2D eigenvalue weighted by Gasteiger charge is -2.54. The molecule has 4 bridgehead atoms. The molecule has 4 aliphatic carbocycles. The van der Waals surface area contributed by atoms with Gasteiger partial charge in [-0.3, -0.25) is 0 Å². The molecule has 4 fully saturated rings. The fraction of sp³-hybridized carbons (Fsp3) is 0.556. The highest BCUT2D eigenvalue weighted by Gasteiger charge is 2.49. The van der Waals surface area contributed by atoms with Gasteiger partial charge >= 0.3 is 0 Å². The van der Waals surface area contributed by atoms with Crippen LogP contribution < -0.4 is 0 Å². The van der Waals surface area contributed by atoms with Crippen molar-refractivity contribution in [2.45, 2.75) is 38.0 Å². The van der Waals surface area contributed by atoms with E-state index in [1.807, 2.05) is 6.07 Å².